The van der Waals surface area contributed by atoms with Gasteiger partial charge in [0.25, 0.3) is 6.43 Å². The highest BCUT2D eigenvalue weighted by Gasteiger charge is 2.20. The number of nitrogens with zero attached hydrogens (tertiary/aromatic N) is 1. The molecule has 0 aliphatic carbocycles. The summed E-state index contributed by atoms with van der Waals surface area (Å²) in [4.78, 5) is 14.3. The molecule has 0 unspecified atom stereocenters. The molecule has 0 radical (unpaired) electrons. The van der Waals surface area contributed by atoms with E-state index in [9.17, 15) is 13.6 Å². The van der Waals surface area contributed by atoms with Crippen molar-refractivity contribution < 1.29 is 13.6 Å². The van der Waals surface area contributed by atoms with Gasteiger partial charge in [-0.05, 0) is 22.6 Å². The SMILES string of the molecule is O=Cc1cnc(I)c(CCl)c1C(F)F. The van der Waals surface area contributed by atoms with Crippen molar-refractivity contribution in [2.24, 2.45) is 0 Å². The molecule has 76 valence electrons. The number of rotatable bonds is 3. The summed E-state index contributed by atoms with van der Waals surface area (Å²) in [5.41, 5.74) is -0.183. The molecule has 0 fully saturated rings. The number of aldehydes is 1. The molecule has 0 bridgehead atoms. The number of aromatic nitrogens is 1. The average Bonchev–Trinajstić information content (AvgIpc) is 2.17. The Morgan fingerprint density at radius 2 is 2.29 bits per heavy atom. The van der Waals surface area contributed by atoms with Crippen LogP contribution in [0.25, 0.3) is 0 Å². The zero-order valence-corrected chi connectivity index (χ0v) is 9.72. The molecule has 0 aliphatic rings. The van der Waals surface area contributed by atoms with Crippen LogP contribution < -0.4 is 0 Å². The van der Waals surface area contributed by atoms with Crippen LogP contribution >= 0.6 is 34.2 Å². The van der Waals surface area contributed by atoms with Crippen LogP contribution in [0.5, 0.6) is 0 Å². The Morgan fingerprint density at radius 3 is 2.71 bits per heavy atom. The molecule has 6 heteroatoms. The van der Waals surface area contributed by atoms with Crippen LogP contribution in [0, 0.1) is 3.70 Å². The average molecular weight is 331 g/mol. The summed E-state index contributed by atoms with van der Waals surface area (Å²) >= 11 is 7.32. The van der Waals surface area contributed by atoms with Gasteiger partial charge in [0.1, 0.15) is 3.70 Å². The molecule has 1 heterocycles. The lowest BCUT2D eigenvalue weighted by atomic mass is 10.1. The van der Waals surface area contributed by atoms with E-state index in [2.05, 4.69) is 4.98 Å². The summed E-state index contributed by atoms with van der Waals surface area (Å²) in [6, 6.07) is 0. The summed E-state index contributed by atoms with van der Waals surface area (Å²) in [7, 11) is 0. The Morgan fingerprint density at radius 1 is 1.64 bits per heavy atom. The van der Waals surface area contributed by atoms with E-state index in [1.54, 1.807) is 0 Å². The summed E-state index contributed by atoms with van der Waals surface area (Å²) in [6.07, 6.45) is -1.21. The van der Waals surface area contributed by atoms with Crippen LogP contribution in [0.2, 0.25) is 0 Å². The number of hydrogen-bond donors (Lipinski definition) is 0. The lowest BCUT2D eigenvalue weighted by Gasteiger charge is -2.09. The first-order chi connectivity index (χ1) is 6.61. The Balaban J connectivity index is 3.43. The third kappa shape index (κ3) is 2.20. The van der Waals surface area contributed by atoms with Gasteiger partial charge in [-0.25, -0.2) is 13.8 Å². The molecule has 1 aromatic rings. The topological polar surface area (TPSA) is 30.0 Å². The zero-order valence-electron chi connectivity index (χ0n) is 6.81. The van der Waals surface area contributed by atoms with E-state index in [0.29, 0.717) is 9.99 Å². The maximum atomic E-state index is 12.6. The van der Waals surface area contributed by atoms with Crippen molar-refractivity contribution in [2.45, 2.75) is 12.3 Å². The molecule has 0 N–H and O–H groups in total. The maximum absolute atomic E-state index is 12.6. The smallest absolute Gasteiger partial charge is 0.265 e. The third-order valence-corrected chi connectivity index (χ3v) is 2.88. The van der Waals surface area contributed by atoms with Gasteiger partial charge in [0, 0.05) is 22.9 Å². The summed E-state index contributed by atoms with van der Waals surface area (Å²) in [5, 5.41) is 0. The second-order valence-electron chi connectivity index (χ2n) is 2.45. The molecule has 0 saturated heterocycles. The van der Waals surface area contributed by atoms with E-state index in [4.69, 9.17) is 11.6 Å². The molecule has 1 rings (SSSR count). The van der Waals surface area contributed by atoms with Crippen molar-refractivity contribution >= 4 is 40.5 Å². The summed E-state index contributed by atoms with van der Waals surface area (Å²) in [6.45, 7) is 0. The van der Waals surface area contributed by atoms with Crippen molar-refractivity contribution in [2.75, 3.05) is 0 Å². The maximum Gasteiger partial charge on any atom is 0.265 e. The molecular formula is C8H5ClF2INO. The summed E-state index contributed by atoms with van der Waals surface area (Å²) < 4.78 is 25.6. The number of halogens is 4. The van der Waals surface area contributed by atoms with Gasteiger partial charge in [-0.15, -0.1) is 11.6 Å². The second-order valence-corrected chi connectivity index (χ2v) is 3.74. The number of hydrogen-bond acceptors (Lipinski definition) is 2. The lowest BCUT2D eigenvalue weighted by Crippen LogP contribution is -2.03. The second kappa shape index (κ2) is 4.97. The minimum Gasteiger partial charge on any atom is -0.298 e. The number of pyridine rings is 1. The lowest BCUT2D eigenvalue weighted by molar-refractivity contribution is 0.110. The molecule has 0 aliphatic heterocycles. The molecular weight excluding hydrogens is 326 g/mol. The van der Waals surface area contributed by atoms with Gasteiger partial charge in [-0.3, -0.25) is 4.79 Å². The molecule has 0 aromatic carbocycles. The van der Waals surface area contributed by atoms with Gasteiger partial charge in [-0.2, -0.15) is 0 Å². The minimum atomic E-state index is -2.71. The van der Waals surface area contributed by atoms with E-state index >= 15 is 0 Å². The van der Waals surface area contributed by atoms with Crippen LogP contribution in [-0.4, -0.2) is 11.3 Å². The van der Waals surface area contributed by atoms with Gasteiger partial charge in [-0.1, -0.05) is 0 Å². The van der Waals surface area contributed by atoms with Crippen molar-refractivity contribution in [3.63, 3.8) is 0 Å². The van der Waals surface area contributed by atoms with Crippen molar-refractivity contribution in [3.05, 3.63) is 26.6 Å². The molecule has 0 amide bonds. The van der Waals surface area contributed by atoms with E-state index in [1.807, 2.05) is 22.6 Å². The van der Waals surface area contributed by atoms with Crippen molar-refractivity contribution in [3.8, 4) is 0 Å². The first-order valence-corrected chi connectivity index (χ1v) is 5.19. The van der Waals surface area contributed by atoms with E-state index in [-0.39, 0.29) is 22.6 Å². The molecule has 0 saturated carbocycles. The van der Waals surface area contributed by atoms with Gasteiger partial charge >= 0.3 is 0 Å². The monoisotopic (exact) mass is 331 g/mol. The van der Waals surface area contributed by atoms with Gasteiger partial charge in [0.15, 0.2) is 6.29 Å². The zero-order chi connectivity index (χ0) is 10.7. The largest absolute Gasteiger partial charge is 0.298 e. The molecule has 2 nitrogen and oxygen atoms in total. The molecule has 0 spiro atoms. The normalized spacial score (nSPS) is 10.6. The fraction of sp³-hybridized carbons (Fsp3) is 0.250. The molecule has 14 heavy (non-hydrogen) atoms. The van der Waals surface area contributed by atoms with Crippen LogP contribution in [0.4, 0.5) is 8.78 Å². The van der Waals surface area contributed by atoms with Crippen LogP contribution in [0.15, 0.2) is 6.20 Å². The van der Waals surface area contributed by atoms with Gasteiger partial charge in [0.05, 0.1) is 5.88 Å². The van der Waals surface area contributed by atoms with E-state index < -0.39 is 6.43 Å². The van der Waals surface area contributed by atoms with Crippen LogP contribution in [-0.2, 0) is 5.88 Å². The first-order valence-electron chi connectivity index (χ1n) is 3.58. The van der Waals surface area contributed by atoms with Gasteiger partial charge in [0.2, 0.25) is 0 Å². The highest BCUT2D eigenvalue weighted by atomic mass is 127. The minimum absolute atomic E-state index is 0.0768. The molecule has 0 atom stereocenters. The number of carbonyl (C=O) groups excluding carboxylic acids is 1. The fourth-order valence-electron chi connectivity index (χ4n) is 1.04. The van der Waals surface area contributed by atoms with Gasteiger partial charge < -0.3 is 0 Å². The van der Waals surface area contributed by atoms with Crippen LogP contribution in [0.3, 0.4) is 0 Å². The highest BCUT2D eigenvalue weighted by molar-refractivity contribution is 14.1. The first kappa shape index (κ1) is 11.8. The highest BCUT2D eigenvalue weighted by Crippen LogP contribution is 2.29. The Hall–Kier alpha value is -0.300. The standard InChI is InChI=1S/C8H5ClF2INO/c9-1-5-6(7(10)11)4(3-14)2-13-8(5)12/h2-3,7H,1H2. The van der Waals surface area contributed by atoms with Crippen molar-refractivity contribution in [1.29, 1.82) is 0 Å². The summed E-state index contributed by atoms with van der Waals surface area (Å²) in [5.74, 6) is -0.0768. The molecule has 1 aromatic heterocycles. The predicted molar refractivity (Wildman–Crippen MR) is 56.9 cm³/mol. The van der Waals surface area contributed by atoms with E-state index in [0.717, 1.165) is 6.20 Å². The number of carbonyl (C=O) groups is 1. The Kier molecular flexibility index (Phi) is 4.18. The number of alkyl halides is 3. The van der Waals surface area contributed by atoms with Crippen molar-refractivity contribution in [1.82, 2.24) is 4.98 Å². The predicted octanol–water partition coefficient (Wildman–Crippen LogP) is 3.18. The van der Waals surface area contributed by atoms with Crippen LogP contribution in [0.1, 0.15) is 27.9 Å². The van der Waals surface area contributed by atoms with E-state index in [1.165, 1.54) is 0 Å². The quantitative estimate of drug-likeness (QED) is 0.368. The fourth-order valence-corrected chi connectivity index (χ4v) is 2.15. The Bertz CT molecular complexity index is 359. The third-order valence-electron chi connectivity index (χ3n) is 1.68. The Labute approximate surface area is 97.8 Å².